The molecule has 138 valence electrons. The van der Waals surface area contributed by atoms with E-state index in [1.54, 1.807) is 5.38 Å². The van der Waals surface area contributed by atoms with Crippen LogP contribution in [-0.4, -0.2) is 59.3 Å². The van der Waals surface area contributed by atoms with Crippen molar-refractivity contribution >= 4 is 28.3 Å². The second-order valence-electron chi connectivity index (χ2n) is 7.17. The number of carbonyl (C=O) groups is 2. The van der Waals surface area contributed by atoms with Gasteiger partial charge in [-0.25, -0.2) is 4.98 Å². The van der Waals surface area contributed by atoms with Gasteiger partial charge >= 0.3 is 0 Å². The first-order valence-corrected chi connectivity index (χ1v) is 10.2. The zero-order valence-corrected chi connectivity index (χ0v) is 15.8. The molecule has 0 unspecified atom stereocenters. The second kappa shape index (κ2) is 8.76. The molecule has 2 aliphatic rings. The number of amides is 2. The monoisotopic (exact) mass is 364 g/mol. The Bertz CT molecular complexity index is 598. The van der Waals surface area contributed by atoms with E-state index in [-0.39, 0.29) is 11.8 Å². The predicted molar refractivity (Wildman–Crippen MR) is 100.0 cm³/mol. The molecule has 1 aromatic rings. The van der Waals surface area contributed by atoms with Crippen LogP contribution in [0.3, 0.4) is 0 Å². The molecule has 1 aromatic heterocycles. The summed E-state index contributed by atoms with van der Waals surface area (Å²) in [6, 6.07) is 0. The third-order valence-electron chi connectivity index (χ3n) is 5.12. The first-order chi connectivity index (χ1) is 12.1. The first-order valence-electron chi connectivity index (χ1n) is 9.36. The van der Waals surface area contributed by atoms with Crippen LogP contribution >= 0.6 is 11.3 Å². The van der Waals surface area contributed by atoms with Crippen molar-refractivity contribution < 1.29 is 9.59 Å². The summed E-state index contributed by atoms with van der Waals surface area (Å²) in [5.41, 5.74) is 0.439. The number of rotatable bonds is 4. The largest absolute Gasteiger partial charge is 0.336 e. The smallest absolute Gasteiger partial charge is 0.273 e. The van der Waals surface area contributed by atoms with Gasteiger partial charge in [0.2, 0.25) is 5.91 Å². The zero-order valence-electron chi connectivity index (χ0n) is 15.0. The number of nitrogens with one attached hydrogen (secondary N) is 1. The lowest BCUT2D eigenvalue weighted by Crippen LogP contribution is -2.37. The molecule has 1 aliphatic carbocycles. The van der Waals surface area contributed by atoms with E-state index >= 15 is 0 Å². The van der Waals surface area contributed by atoms with Crippen LogP contribution in [0.4, 0.5) is 5.13 Å². The van der Waals surface area contributed by atoms with Gasteiger partial charge in [-0.1, -0.05) is 19.3 Å². The molecule has 0 radical (unpaired) electrons. The minimum atomic E-state index is -0.165. The summed E-state index contributed by atoms with van der Waals surface area (Å²) in [5.74, 6) is 0.656. The van der Waals surface area contributed by atoms with E-state index < -0.39 is 0 Å². The maximum atomic E-state index is 12.7. The molecule has 2 fully saturated rings. The summed E-state index contributed by atoms with van der Waals surface area (Å²) in [4.78, 5) is 32.5. The van der Waals surface area contributed by atoms with E-state index in [2.05, 4.69) is 15.2 Å². The molecule has 7 heteroatoms. The van der Waals surface area contributed by atoms with Crippen LogP contribution in [0.2, 0.25) is 0 Å². The fourth-order valence-corrected chi connectivity index (χ4v) is 4.56. The molecule has 1 aliphatic heterocycles. The summed E-state index contributed by atoms with van der Waals surface area (Å²) >= 11 is 1.30. The van der Waals surface area contributed by atoms with Crippen molar-refractivity contribution in [3.8, 4) is 0 Å². The Kier molecular flexibility index (Phi) is 6.42. The molecule has 0 bridgehead atoms. The van der Waals surface area contributed by atoms with Crippen molar-refractivity contribution in [1.82, 2.24) is 14.8 Å². The van der Waals surface area contributed by atoms with Gasteiger partial charge in [-0.05, 0) is 31.7 Å². The van der Waals surface area contributed by atoms with Crippen LogP contribution in [-0.2, 0) is 4.79 Å². The number of carbonyl (C=O) groups excluding carboxylic acids is 2. The van der Waals surface area contributed by atoms with E-state index in [0.29, 0.717) is 10.8 Å². The van der Waals surface area contributed by atoms with Gasteiger partial charge in [-0.15, -0.1) is 11.3 Å². The Hall–Kier alpha value is -1.47. The lowest BCUT2D eigenvalue weighted by atomic mass is 9.89. The van der Waals surface area contributed by atoms with E-state index in [0.717, 1.165) is 38.5 Å². The van der Waals surface area contributed by atoms with Gasteiger partial charge in [-0.3, -0.25) is 9.59 Å². The molecule has 1 saturated carbocycles. The van der Waals surface area contributed by atoms with Crippen LogP contribution in [0.5, 0.6) is 0 Å². The van der Waals surface area contributed by atoms with Crippen molar-refractivity contribution in [2.24, 2.45) is 5.92 Å². The SMILES string of the molecule is CC(=O)Nc1nc(C(=O)N2CCCN(CC3CCCCC3)CC2)cs1. The quantitative estimate of drug-likeness (QED) is 0.892. The molecule has 0 atom stereocenters. The summed E-state index contributed by atoms with van der Waals surface area (Å²) < 4.78 is 0. The number of aromatic nitrogens is 1. The normalized spacial score (nSPS) is 20.3. The maximum Gasteiger partial charge on any atom is 0.273 e. The zero-order chi connectivity index (χ0) is 17.6. The molecule has 1 N–H and O–H groups in total. The van der Waals surface area contributed by atoms with Gasteiger partial charge in [0.15, 0.2) is 5.13 Å². The lowest BCUT2D eigenvalue weighted by Gasteiger charge is -2.28. The fourth-order valence-electron chi connectivity index (χ4n) is 3.83. The van der Waals surface area contributed by atoms with Crippen LogP contribution in [0.25, 0.3) is 0 Å². The Balaban J connectivity index is 1.52. The number of nitrogens with zero attached hydrogens (tertiary/aromatic N) is 3. The number of hydrogen-bond donors (Lipinski definition) is 1. The van der Waals surface area contributed by atoms with Crippen LogP contribution < -0.4 is 5.32 Å². The lowest BCUT2D eigenvalue weighted by molar-refractivity contribution is -0.114. The van der Waals surface area contributed by atoms with Crippen LogP contribution in [0.1, 0.15) is 55.9 Å². The fraction of sp³-hybridized carbons (Fsp3) is 0.722. The van der Waals surface area contributed by atoms with Crippen molar-refractivity contribution in [3.05, 3.63) is 11.1 Å². The van der Waals surface area contributed by atoms with E-state index in [1.807, 2.05) is 4.90 Å². The average Bonchev–Trinajstić information content (AvgIpc) is 2.93. The average molecular weight is 365 g/mol. The van der Waals surface area contributed by atoms with Gasteiger partial charge in [0, 0.05) is 38.5 Å². The molecule has 2 heterocycles. The Morgan fingerprint density at radius 1 is 1.16 bits per heavy atom. The molecular weight excluding hydrogens is 336 g/mol. The molecule has 1 saturated heterocycles. The highest BCUT2D eigenvalue weighted by Crippen LogP contribution is 2.25. The standard InChI is InChI=1S/C18H28N4O2S/c1-14(23)19-18-20-16(13-25-18)17(24)22-9-5-8-21(10-11-22)12-15-6-3-2-4-7-15/h13,15H,2-12H2,1H3,(H,19,20,23). The highest BCUT2D eigenvalue weighted by Gasteiger charge is 2.24. The summed E-state index contributed by atoms with van der Waals surface area (Å²) in [7, 11) is 0. The molecule has 0 spiro atoms. The minimum Gasteiger partial charge on any atom is -0.336 e. The number of hydrogen-bond acceptors (Lipinski definition) is 5. The Morgan fingerprint density at radius 3 is 2.72 bits per heavy atom. The molecule has 6 nitrogen and oxygen atoms in total. The van der Waals surface area contributed by atoms with Gasteiger partial charge in [0.05, 0.1) is 0 Å². The second-order valence-corrected chi connectivity index (χ2v) is 8.03. The van der Waals surface area contributed by atoms with Crippen molar-refractivity contribution in [2.45, 2.75) is 45.4 Å². The first kappa shape index (κ1) is 18.3. The minimum absolute atomic E-state index is 0.0210. The maximum absolute atomic E-state index is 12.7. The van der Waals surface area contributed by atoms with Gasteiger partial charge in [-0.2, -0.15) is 0 Å². The Morgan fingerprint density at radius 2 is 1.96 bits per heavy atom. The molecule has 2 amide bonds. The van der Waals surface area contributed by atoms with Crippen LogP contribution in [0.15, 0.2) is 5.38 Å². The molecule has 0 aromatic carbocycles. The molecule has 3 rings (SSSR count). The topological polar surface area (TPSA) is 65.5 Å². The van der Waals surface area contributed by atoms with Crippen molar-refractivity contribution in [2.75, 3.05) is 38.0 Å². The van der Waals surface area contributed by atoms with Gasteiger partial charge < -0.3 is 15.1 Å². The van der Waals surface area contributed by atoms with Gasteiger partial charge in [0.1, 0.15) is 5.69 Å². The van der Waals surface area contributed by atoms with Crippen molar-refractivity contribution in [1.29, 1.82) is 0 Å². The summed E-state index contributed by atoms with van der Waals surface area (Å²) in [5, 5.41) is 4.86. The molecular formula is C18H28N4O2S. The predicted octanol–water partition coefficient (Wildman–Crippen LogP) is 2.83. The van der Waals surface area contributed by atoms with Crippen LogP contribution in [0, 0.1) is 5.92 Å². The van der Waals surface area contributed by atoms with E-state index in [1.165, 1.54) is 56.9 Å². The number of anilines is 1. The highest BCUT2D eigenvalue weighted by atomic mass is 32.1. The summed E-state index contributed by atoms with van der Waals surface area (Å²) in [6.45, 7) is 6.20. The van der Waals surface area contributed by atoms with Crippen molar-refractivity contribution in [3.63, 3.8) is 0 Å². The third-order valence-corrected chi connectivity index (χ3v) is 5.88. The summed E-state index contributed by atoms with van der Waals surface area (Å²) in [6.07, 6.45) is 7.90. The molecule has 25 heavy (non-hydrogen) atoms. The number of thiazole rings is 1. The third kappa shape index (κ3) is 5.25. The highest BCUT2D eigenvalue weighted by molar-refractivity contribution is 7.14. The van der Waals surface area contributed by atoms with E-state index in [9.17, 15) is 9.59 Å². The van der Waals surface area contributed by atoms with Gasteiger partial charge in [0.25, 0.3) is 5.91 Å². The Labute approximate surface area is 153 Å². The van der Waals surface area contributed by atoms with E-state index in [4.69, 9.17) is 0 Å².